The van der Waals surface area contributed by atoms with E-state index in [-0.39, 0.29) is 6.10 Å². The van der Waals surface area contributed by atoms with Gasteiger partial charge in [-0.3, -0.25) is 9.58 Å². The molecule has 0 spiro atoms. The molecule has 1 aliphatic heterocycles. The van der Waals surface area contributed by atoms with Crippen molar-refractivity contribution in [2.75, 3.05) is 13.1 Å². The van der Waals surface area contributed by atoms with E-state index in [0.717, 1.165) is 50.3 Å². The van der Waals surface area contributed by atoms with Crippen molar-refractivity contribution in [1.82, 2.24) is 14.7 Å². The first-order valence-corrected chi connectivity index (χ1v) is 9.34. The van der Waals surface area contributed by atoms with Gasteiger partial charge in [0.05, 0.1) is 18.3 Å². The molecule has 2 heterocycles. The van der Waals surface area contributed by atoms with Gasteiger partial charge in [-0.05, 0) is 18.4 Å². The van der Waals surface area contributed by atoms with Crippen LogP contribution in [0.2, 0.25) is 0 Å². The summed E-state index contributed by atoms with van der Waals surface area (Å²) in [6.45, 7) is 3.55. The van der Waals surface area contributed by atoms with E-state index < -0.39 is 0 Å². The van der Waals surface area contributed by atoms with E-state index in [9.17, 15) is 5.11 Å². The Labute approximate surface area is 154 Å². The van der Waals surface area contributed by atoms with Gasteiger partial charge in [-0.2, -0.15) is 5.10 Å². The van der Waals surface area contributed by atoms with Gasteiger partial charge in [0.25, 0.3) is 0 Å². The Morgan fingerprint density at radius 1 is 0.885 bits per heavy atom. The third-order valence-electron chi connectivity index (χ3n) is 5.02. The third-order valence-corrected chi connectivity index (χ3v) is 5.02. The van der Waals surface area contributed by atoms with Crippen LogP contribution in [0.5, 0.6) is 0 Å². The van der Waals surface area contributed by atoms with Crippen LogP contribution >= 0.6 is 0 Å². The average molecular weight is 347 g/mol. The molecule has 134 valence electrons. The smallest absolute Gasteiger partial charge is 0.0968 e. The van der Waals surface area contributed by atoms with Crippen LogP contribution in [0.1, 0.15) is 24.0 Å². The monoisotopic (exact) mass is 347 g/mol. The van der Waals surface area contributed by atoms with Gasteiger partial charge in [0.15, 0.2) is 0 Å². The molecule has 1 aromatic heterocycles. The van der Waals surface area contributed by atoms with Crippen LogP contribution in [0.3, 0.4) is 0 Å². The number of likely N-dealkylation sites (tertiary alicyclic amines) is 1. The Balaban J connectivity index is 1.60. The molecule has 0 amide bonds. The predicted molar refractivity (Wildman–Crippen MR) is 104 cm³/mol. The highest BCUT2D eigenvalue weighted by Gasteiger charge is 2.20. The van der Waals surface area contributed by atoms with E-state index in [1.165, 1.54) is 11.1 Å². The predicted octanol–water partition coefficient (Wildman–Crippen LogP) is 3.56. The molecule has 4 rings (SSSR count). The molecule has 3 aromatic rings. The van der Waals surface area contributed by atoms with E-state index in [2.05, 4.69) is 59.6 Å². The van der Waals surface area contributed by atoms with Gasteiger partial charge in [0, 0.05) is 37.0 Å². The topological polar surface area (TPSA) is 41.3 Å². The minimum Gasteiger partial charge on any atom is -0.393 e. The van der Waals surface area contributed by atoms with E-state index in [0.29, 0.717) is 0 Å². The maximum atomic E-state index is 9.75. The Kier molecular flexibility index (Phi) is 5.14. The van der Waals surface area contributed by atoms with Crippen LogP contribution in [0.15, 0.2) is 66.9 Å². The highest BCUT2D eigenvalue weighted by Crippen LogP contribution is 2.25. The summed E-state index contributed by atoms with van der Waals surface area (Å²) >= 11 is 0. The first kappa shape index (κ1) is 17.0. The van der Waals surface area contributed by atoms with Crippen molar-refractivity contribution in [3.63, 3.8) is 0 Å². The van der Waals surface area contributed by atoms with E-state index in [1.807, 2.05) is 16.8 Å². The lowest BCUT2D eigenvalue weighted by Crippen LogP contribution is -2.35. The number of aliphatic hydroxyl groups is 1. The zero-order valence-electron chi connectivity index (χ0n) is 15.0. The van der Waals surface area contributed by atoms with Gasteiger partial charge in [-0.15, -0.1) is 0 Å². The summed E-state index contributed by atoms with van der Waals surface area (Å²) in [6, 6.07) is 20.9. The first-order chi connectivity index (χ1) is 12.8. The second kappa shape index (κ2) is 7.85. The van der Waals surface area contributed by atoms with Crippen molar-refractivity contribution in [3.05, 3.63) is 78.0 Å². The summed E-state index contributed by atoms with van der Waals surface area (Å²) < 4.78 is 2.05. The van der Waals surface area contributed by atoms with Crippen molar-refractivity contribution >= 4 is 0 Å². The second-order valence-corrected chi connectivity index (χ2v) is 7.06. The maximum absolute atomic E-state index is 9.75. The molecule has 26 heavy (non-hydrogen) atoms. The third kappa shape index (κ3) is 4.03. The molecule has 0 bridgehead atoms. The molecule has 2 aromatic carbocycles. The van der Waals surface area contributed by atoms with E-state index in [1.54, 1.807) is 0 Å². The molecule has 1 fully saturated rings. The first-order valence-electron chi connectivity index (χ1n) is 9.34. The van der Waals surface area contributed by atoms with Crippen molar-refractivity contribution in [3.8, 4) is 11.3 Å². The number of hydrogen-bond donors (Lipinski definition) is 1. The Morgan fingerprint density at radius 2 is 1.54 bits per heavy atom. The van der Waals surface area contributed by atoms with Crippen molar-refractivity contribution in [1.29, 1.82) is 0 Å². The lowest BCUT2D eigenvalue weighted by Gasteiger charge is -2.29. The van der Waals surface area contributed by atoms with Crippen LogP contribution in [0, 0.1) is 0 Å². The molecule has 0 aliphatic carbocycles. The highest BCUT2D eigenvalue weighted by atomic mass is 16.3. The number of rotatable bonds is 5. The number of benzene rings is 2. The SMILES string of the molecule is OC1CCN(Cc2cn(Cc3ccccc3)nc2-c2ccccc2)CC1. The van der Waals surface area contributed by atoms with E-state index in [4.69, 9.17) is 5.10 Å². The molecule has 1 N–H and O–H groups in total. The van der Waals surface area contributed by atoms with Crippen molar-refractivity contribution in [2.24, 2.45) is 0 Å². The maximum Gasteiger partial charge on any atom is 0.0968 e. The molecular formula is C22H25N3O. The summed E-state index contributed by atoms with van der Waals surface area (Å²) in [6.07, 6.45) is 3.76. The molecule has 1 saturated heterocycles. The van der Waals surface area contributed by atoms with Gasteiger partial charge in [-0.1, -0.05) is 60.7 Å². The van der Waals surface area contributed by atoms with Gasteiger partial charge in [0.2, 0.25) is 0 Å². The fraction of sp³-hybridized carbons (Fsp3) is 0.318. The number of hydrogen-bond acceptors (Lipinski definition) is 3. The summed E-state index contributed by atoms with van der Waals surface area (Å²) in [4.78, 5) is 2.42. The standard InChI is InChI=1S/C22H25N3O/c26-21-11-13-24(14-12-21)16-20-17-25(15-18-7-3-1-4-8-18)23-22(20)19-9-5-2-6-10-19/h1-10,17,21,26H,11-16H2. The Hall–Kier alpha value is -2.43. The summed E-state index contributed by atoms with van der Waals surface area (Å²) in [5.74, 6) is 0. The fourth-order valence-corrected chi connectivity index (χ4v) is 3.59. The Morgan fingerprint density at radius 3 is 2.23 bits per heavy atom. The molecule has 0 unspecified atom stereocenters. The number of piperidine rings is 1. The number of nitrogens with zero attached hydrogens (tertiary/aromatic N) is 3. The zero-order chi connectivity index (χ0) is 17.8. The highest BCUT2D eigenvalue weighted by molar-refractivity contribution is 5.62. The van der Waals surface area contributed by atoms with Gasteiger partial charge in [-0.25, -0.2) is 0 Å². The second-order valence-electron chi connectivity index (χ2n) is 7.06. The van der Waals surface area contributed by atoms with Crippen LogP contribution < -0.4 is 0 Å². The summed E-state index contributed by atoms with van der Waals surface area (Å²) in [5, 5.41) is 14.6. The van der Waals surface area contributed by atoms with Gasteiger partial charge < -0.3 is 5.11 Å². The zero-order valence-corrected chi connectivity index (χ0v) is 15.0. The fourth-order valence-electron chi connectivity index (χ4n) is 3.59. The number of aliphatic hydroxyl groups excluding tert-OH is 1. The van der Waals surface area contributed by atoms with Crippen molar-refractivity contribution < 1.29 is 5.11 Å². The molecule has 0 saturated carbocycles. The van der Waals surface area contributed by atoms with Crippen molar-refractivity contribution in [2.45, 2.75) is 32.0 Å². The van der Waals surface area contributed by atoms with Gasteiger partial charge >= 0.3 is 0 Å². The average Bonchev–Trinajstić information content (AvgIpc) is 3.07. The molecule has 0 radical (unpaired) electrons. The quantitative estimate of drug-likeness (QED) is 0.767. The normalized spacial score (nSPS) is 16.0. The largest absolute Gasteiger partial charge is 0.393 e. The summed E-state index contributed by atoms with van der Waals surface area (Å²) in [7, 11) is 0. The minimum absolute atomic E-state index is 0.138. The lowest BCUT2D eigenvalue weighted by molar-refractivity contribution is 0.0793. The molecular weight excluding hydrogens is 322 g/mol. The van der Waals surface area contributed by atoms with E-state index >= 15 is 0 Å². The molecule has 0 atom stereocenters. The number of aromatic nitrogens is 2. The van der Waals surface area contributed by atoms with Crippen LogP contribution in [0.4, 0.5) is 0 Å². The molecule has 4 nitrogen and oxygen atoms in total. The molecule has 4 heteroatoms. The van der Waals surface area contributed by atoms with Crippen LogP contribution in [-0.4, -0.2) is 39.0 Å². The van der Waals surface area contributed by atoms with Crippen LogP contribution in [0.25, 0.3) is 11.3 Å². The van der Waals surface area contributed by atoms with Crippen LogP contribution in [-0.2, 0) is 13.1 Å². The lowest BCUT2D eigenvalue weighted by atomic mass is 10.1. The minimum atomic E-state index is -0.138. The summed E-state index contributed by atoms with van der Waals surface area (Å²) in [5.41, 5.74) is 4.73. The van der Waals surface area contributed by atoms with Gasteiger partial charge in [0.1, 0.15) is 0 Å². The molecule has 1 aliphatic rings. The Bertz CT molecular complexity index is 821.